The quantitative estimate of drug-likeness (QED) is 0.836. The Labute approximate surface area is 120 Å². The summed E-state index contributed by atoms with van der Waals surface area (Å²) in [5.41, 5.74) is 2.35. The highest BCUT2D eigenvalue weighted by Gasteiger charge is 2.12. The molecule has 0 bridgehead atoms. The minimum atomic E-state index is 0.313. The predicted molar refractivity (Wildman–Crippen MR) is 80.2 cm³/mol. The van der Waals surface area contributed by atoms with Crippen molar-refractivity contribution in [3.63, 3.8) is 0 Å². The van der Waals surface area contributed by atoms with Crippen molar-refractivity contribution in [2.75, 3.05) is 7.05 Å². The van der Waals surface area contributed by atoms with Gasteiger partial charge in [0.25, 0.3) is 0 Å². The maximum atomic E-state index is 4.41. The highest BCUT2D eigenvalue weighted by molar-refractivity contribution is 5.14. The lowest BCUT2D eigenvalue weighted by Gasteiger charge is -2.24. The fourth-order valence-corrected chi connectivity index (χ4v) is 2.05. The van der Waals surface area contributed by atoms with Gasteiger partial charge in [0.2, 0.25) is 0 Å². The van der Waals surface area contributed by atoms with Gasteiger partial charge in [0, 0.05) is 48.9 Å². The SMILES string of the molecule is CC(C)c1ncc(CN(C)[C@H](C)c2cccnc2)cn1. The molecular weight excluding hydrogens is 248 g/mol. The molecule has 106 valence electrons. The molecule has 0 saturated heterocycles. The fourth-order valence-electron chi connectivity index (χ4n) is 2.05. The summed E-state index contributed by atoms with van der Waals surface area (Å²) in [6, 6.07) is 4.39. The Balaban J connectivity index is 2.02. The Kier molecular flexibility index (Phi) is 4.79. The van der Waals surface area contributed by atoms with Crippen LogP contribution in [0.2, 0.25) is 0 Å². The summed E-state index contributed by atoms with van der Waals surface area (Å²) in [7, 11) is 2.11. The number of hydrogen-bond donors (Lipinski definition) is 0. The summed E-state index contributed by atoms with van der Waals surface area (Å²) in [5.74, 6) is 1.27. The van der Waals surface area contributed by atoms with E-state index >= 15 is 0 Å². The van der Waals surface area contributed by atoms with Crippen LogP contribution in [0.15, 0.2) is 36.9 Å². The minimum absolute atomic E-state index is 0.313. The molecule has 0 aliphatic rings. The lowest BCUT2D eigenvalue weighted by molar-refractivity contribution is 0.252. The summed E-state index contributed by atoms with van der Waals surface area (Å²) in [4.78, 5) is 15.3. The molecule has 2 aromatic rings. The lowest BCUT2D eigenvalue weighted by atomic mass is 10.1. The highest BCUT2D eigenvalue weighted by atomic mass is 15.1. The van der Waals surface area contributed by atoms with E-state index in [0.29, 0.717) is 12.0 Å². The molecule has 0 aliphatic carbocycles. The molecule has 0 N–H and O–H groups in total. The first-order valence-electron chi connectivity index (χ1n) is 6.99. The normalized spacial score (nSPS) is 12.9. The zero-order valence-corrected chi connectivity index (χ0v) is 12.6. The van der Waals surface area contributed by atoms with Crippen LogP contribution >= 0.6 is 0 Å². The van der Waals surface area contributed by atoms with Gasteiger partial charge < -0.3 is 0 Å². The van der Waals surface area contributed by atoms with Gasteiger partial charge in [-0.25, -0.2) is 9.97 Å². The Bertz CT molecular complexity index is 522. The first-order valence-corrected chi connectivity index (χ1v) is 6.99. The van der Waals surface area contributed by atoms with Crippen molar-refractivity contribution in [2.45, 2.75) is 39.3 Å². The monoisotopic (exact) mass is 270 g/mol. The van der Waals surface area contributed by atoms with E-state index in [0.717, 1.165) is 17.9 Å². The van der Waals surface area contributed by atoms with Gasteiger partial charge in [0.1, 0.15) is 5.82 Å². The molecule has 4 nitrogen and oxygen atoms in total. The molecule has 0 saturated carbocycles. The highest BCUT2D eigenvalue weighted by Crippen LogP contribution is 2.19. The minimum Gasteiger partial charge on any atom is -0.295 e. The summed E-state index contributed by atoms with van der Waals surface area (Å²) in [5, 5.41) is 0. The first kappa shape index (κ1) is 14.6. The smallest absolute Gasteiger partial charge is 0.130 e. The molecule has 1 atom stereocenters. The number of nitrogens with zero attached hydrogens (tertiary/aromatic N) is 4. The van der Waals surface area contributed by atoms with Gasteiger partial charge in [-0.3, -0.25) is 9.88 Å². The molecule has 0 aliphatic heterocycles. The van der Waals surface area contributed by atoms with Gasteiger partial charge in [-0.05, 0) is 25.6 Å². The maximum Gasteiger partial charge on any atom is 0.130 e. The molecule has 0 unspecified atom stereocenters. The Morgan fingerprint density at radius 3 is 2.35 bits per heavy atom. The molecule has 0 radical (unpaired) electrons. The molecular formula is C16H22N4. The van der Waals surface area contributed by atoms with Crippen molar-refractivity contribution in [3.8, 4) is 0 Å². The van der Waals surface area contributed by atoms with E-state index in [1.165, 1.54) is 5.56 Å². The largest absolute Gasteiger partial charge is 0.295 e. The van der Waals surface area contributed by atoms with Crippen LogP contribution in [0.3, 0.4) is 0 Å². The maximum absolute atomic E-state index is 4.41. The second kappa shape index (κ2) is 6.57. The van der Waals surface area contributed by atoms with Crippen LogP contribution in [-0.2, 0) is 6.54 Å². The third-order valence-electron chi connectivity index (χ3n) is 3.50. The van der Waals surface area contributed by atoms with Crippen LogP contribution < -0.4 is 0 Å². The van der Waals surface area contributed by atoms with Gasteiger partial charge in [0.05, 0.1) is 0 Å². The standard InChI is InChI=1S/C16H22N4/c1-12(2)16-18-8-14(9-19-16)11-20(4)13(3)15-6-5-7-17-10-15/h5-10,12-13H,11H2,1-4H3/t13-/m1/s1. The van der Waals surface area contributed by atoms with Crippen LogP contribution in [-0.4, -0.2) is 26.9 Å². The van der Waals surface area contributed by atoms with Gasteiger partial charge in [0.15, 0.2) is 0 Å². The third-order valence-corrected chi connectivity index (χ3v) is 3.50. The summed E-state index contributed by atoms with van der Waals surface area (Å²) in [6.45, 7) is 7.21. The lowest BCUT2D eigenvalue weighted by Crippen LogP contribution is -2.22. The number of hydrogen-bond acceptors (Lipinski definition) is 4. The molecule has 2 heterocycles. The molecule has 20 heavy (non-hydrogen) atoms. The number of pyridine rings is 1. The summed E-state index contributed by atoms with van der Waals surface area (Å²) >= 11 is 0. The van der Waals surface area contributed by atoms with Crippen molar-refractivity contribution >= 4 is 0 Å². The molecule has 0 aromatic carbocycles. The van der Waals surface area contributed by atoms with Crippen LogP contribution in [0.1, 0.15) is 49.7 Å². The average Bonchev–Trinajstić information content (AvgIpc) is 2.48. The van der Waals surface area contributed by atoms with Crippen molar-refractivity contribution in [1.29, 1.82) is 0 Å². The van der Waals surface area contributed by atoms with Crippen LogP contribution in [0, 0.1) is 0 Å². The number of aromatic nitrogens is 3. The molecule has 0 spiro atoms. The first-order chi connectivity index (χ1) is 9.58. The van der Waals surface area contributed by atoms with E-state index in [4.69, 9.17) is 0 Å². The zero-order chi connectivity index (χ0) is 14.5. The second-order valence-corrected chi connectivity index (χ2v) is 5.48. The van der Waals surface area contributed by atoms with Crippen molar-refractivity contribution in [1.82, 2.24) is 19.9 Å². The predicted octanol–water partition coefficient (Wildman–Crippen LogP) is 3.19. The van der Waals surface area contributed by atoms with E-state index in [-0.39, 0.29) is 0 Å². The molecule has 0 amide bonds. The molecule has 2 aromatic heterocycles. The fraction of sp³-hybridized carbons (Fsp3) is 0.438. The topological polar surface area (TPSA) is 41.9 Å². The van der Waals surface area contributed by atoms with Crippen LogP contribution in [0.25, 0.3) is 0 Å². The molecule has 0 fully saturated rings. The van der Waals surface area contributed by atoms with E-state index in [2.05, 4.69) is 53.7 Å². The Morgan fingerprint density at radius 1 is 1.10 bits per heavy atom. The third kappa shape index (κ3) is 3.61. The average molecular weight is 270 g/mol. The molecule has 4 heteroatoms. The Morgan fingerprint density at radius 2 is 1.80 bits per heavy atom. The van der Waals surface area contributed by atoms with Crippen LogP contribution in [0.4, 0.5) is 0 Å². The summed E-state index contributed by atoms with van der Waals surface area (Å²) in [6.07, 6.45) is 7.57. The Hall–Kier alpha value is -1.81. The van der Waals surface area contributed by atoms with Gasteiger partial charge >= 0.3 is 0 Å². The van der Waals surface area contributed by atoms with Crippen LogP contribution in [0.5, 0.6) is 0 Å². The second-order valence-electron chi connectivity index (χ2n) is 5.48. The van der Waals surface area contributed by atoms with Gasteiger partial charge in [-0.15, -0.1) is 0 Å². The zero-order valence-electron chi connectivity index (χ0n) is 12.6. The van der Waals surface area contributed by atoms with Gasteiger partial charge in [-0.2, -0.15) is 0 Å². The van der Waals surface area contributed by atoms with Gasteiger partial charge in [-0.1, -0.05) is 19.9 Å². The van der Waals surface area contributed by atoms with E-state index < -0.39 is 0 Å². The van der Waals surface area contributed by atoms with E-state index in [9.17, 15) is 0 Å². The van der Waals surface area contributed by atoms with E-state index in [1.807, 2.05) is 24.7 Å². The van der Waals surface area contributed by atoms with Crippen molar-refractivity contribution in [2.24, 2.45) is 0 Å². The van der Waals surface area contributed by atoms with E-state index in [1.54, 1.807) is 6.20 Å². The number of rotatable bonds is 5. The van der Waals surface area contributed by atoms with Crippen molar-refractivity contribution in [3.05, 3.63) is 53.9 Å². The molecule has 2 rings (SSSR count). The van der Waals surface area contributed by atoms with Crippen molar-refractivity contribution < 1.29 is 0 Å². The summed E-state index contributed by atoms with van der Waals surface area (Å²) < 4.78 is 0.